The van der Waals surface area contributed by atoms with Crippen molar-refractivity contribution in [2.45, 2.75) is 38.2 Å². The van der Waals surface area contributed by atoms with Gasteiger partial charge in [0, 0.05) is 19.7 Å². The molecule has 0 aromatic heterocycles. The third kappa shape index (κ3) is 6.00. The highest BCUT2D eigenvalue weighted by Crippen LogP contribution is 2.13. The molecule has 1 fully saturated rings. The fourth-order valence-corrected chi connectivity index (χ4v) is 2.10. The number of aliphatic hydroxyl groups is 2. The molecule has 1 unspecified atom stereocenters. The first-order valence-corrected chi connectivity index (χ1v) is 6.36. The van der Waals surface area contributed by atoms with Gasteiger partial charge in [0.2, 0.25) is 5.91 Å². The second kappa shape index (κ2) is 6.93. The van der Waals surface area contributed by atoms with Crippen molar-refractivity contribution in [3.8, 4) is 0 Å². The Hall–Kier alpha value is -0.650. The van der Waals surface area contributed by atoms with Gasteiger partial charge in [-0.25, -0.2) is 0 Å². The van der Waals surface area contributed by atoms with E-state index in [1.807, 2.05) is 0 Å². The molecule has 1 atom stereocenters. The molecular weight excluding hydrogens is 220 g/mol. The van der Waals surface area contributed by atoms with Crippen LogP contribution in [0, 0.1) is 0 Å². The van der Waals surface area contributed by atoms with Crippen LogP contribution in [-0.2, 0) is 4.79 Å². The minimum atomic E-state index is -1.10. The van der Waals surface area contributed by atoms with E-state index in [9.17, 15) is 9.90 Å². The van der Waals surface area contributed by atoms with Crippen LogP contribution in [0.15, 0.2) is 0 Å². The highest BCUT2D eigenvalue weighted by atomic mass is 16.3. The Labute approximate surface area is 103 Å². The van der Waals surface area contributed by atoms with Crippen molar-refractivity contribution in [2.75, 3.05) is 32.8 Å². The number of likely N-dealkylation sites (tertiary alicyclic amines) is 1. The molecule has 0 saturated carbocycles. The molecule has 5 nitrogen and oxygen atoms in total. The second-order valence-electron chi connectivity index (χ2n) is 5.05. The third-order valence-corrected chi connectivity index (χ3v) is 3.14. The van der Waals surface area contributed by atoms with Crippen LogP contribution in [0.2, 0.25) is 0 Å². The molecule has 1 heterocycles. The summed E-state index contributed by atoms with van der Waals surface area (Å²) in [4.78, 5) is 13.9. The standard InChI is InChI=1S/C12H24N2O3/c1-12(17,4-9-15)10-11(16)13-5-8-14-6-2-3-7-14/h15,17H,2-10H2,1H3,(H,13,16). The number of nitrogens with zero attached hydrogens (tertiary/aromatic N) is 1. The summed E-state index contributed by atoms with van der Waals surface area (Å²) >= 11 is 0. The van der Waals surface area contributed by atoms with E-state index in [0.717, 1.165) is 19.6 Å². The molecule has 0 radical (unpaired) electrons. The Kier molecular flexibility index (Phi) is 5.88. The van der Waals surface area contributed by atoms with Gasteiger partial charge in [0.25, 0.3) is 0 Å². The fourth-order valence-electron chi connectivity index (χ4n) is 2.10. The van der Waals surface area contributed by atoms with E-state index in [4.69, 9.17) is 5.11 Å². The maximum Gasteiger partial charge on any atom is 0.222 e. The summed E-state index contributed by atoms with van der Waals surface area (Å²) in [6.45, 7) is 5.23. The number of aliphatic hydroxyl groups excluding tert-OH is 1. The van der Waals surface area contributed by atoms with Crippen molar-refractivity contribution in [3.63, 3.8) is 0 Å². The van der Waals surface area contributed by atoms with Crippen LogP contribution in [0.3, 0.4) is 0 Å². The van der Waals surface area contributed by atoms with Crippen molar-refractivity contribution < 1.29 is 15.0 Å². The zero-order chi connectivity index (χ0) is 12.7. The van der Waals surface area contributed by atoms with E-state index in [0.29, 0.717) is 6.54 Å². The van der Waals surface area contributed by atoms with Crippen LogP contribution in [0.5, 0.6) is 0 Å². The van der Waals surface area contributed by atoms with Crippen LogP contribution in [-0.4, -0.2) is 59.4 Å². The molecule has 0 aliphatic carbocycles. The SMILES string of the molecule is CC(O)(CCO)CC(=O)NCCN1CCCC1. The lowest BCUT2D eigenvalue weighted by molar-refractivity contribution is -0.126. The maximum atomic E-state index is 11.5. The van der Waals surface area contributed by atoms with Gasteiger partial charge in [0.15, 0.2) is 0 Å². The number of nitrogens with one attached hydrogen (secondary N) is 1. The molecule has 3 N–H and O–H groups in total. The topological polar surface area (TPSA) is 72.8 Å². The summed E-state index contributed by atoms with van der Waals surface area (Å²) in [5.41, 5.74) is -1.10. The fraction of sp³-hybridized carbons (Fsp3) is 0.917. The predicted molar refractivity (Wildman–Crippen MR) is 65.6 cm³/mol. The number of rotatable bonds is 7. The first-order valence-electron chi connectivity index (χ1n) is 6.36. The number of amides is 1. The molecular formula is C12H24N2O3. The van der Waals surface area contributed by atoms with Crippen molar-refractivity contribution in [1.29, 1.82) is 0 Å². The summed E-state index contributed by atoms with van der Waals surface area (Å²) in [5, 5.41) is 21.3. The zero-order valence-corrected chi connectivity index (χ0v) is 10.6. The minimum absolute atomic E-state index is 0.0492. The van der Waals surface area contributed by atoms with Crippen molar-refractivity contribution >= 4 is 5.91 Å². The lowest BCUT2D eigenvalue weighted by Gasteiger charge is -2.22. The molecule has 1 rings (SSSR count). The Morgan fingerprint density at radius 2 is 2.06 bits per heavy atom. The van der Waals surface area contributed by atoms with E-state index in [1.165, 1.54) is 12.8 Å². The average Bonchev–Trinajstić information content (AvgIpc) is 2.69. The summed E-state index contributed by atoms with van der Waals surface area (Å²) in [5.74, 6) is -0.150. The highest BCUT2D eigenvalue weighted by Gasteiger charge is 2.23. The number of hydrogen-bond acceptors (Lipinski definition) is 4. The van der Waals surface area contributed by atoms with Crippen LogP contribution in [0.25, 0.3) is 0 Å². The molecule has 0 aromatic carbocycles. The van der Waals surface area contributed by atoms with Gasteiger partial charge in [-0.3, -0.25) is 4.79 Å². The van der Waals surface area contributed by atoms with Crippen LogP contribution >= 0.6 is 0 Å². The van der Waals surface area contributed by atoms with Crippen LogP contribution in [0.4, 0.5) is 0 Å². The van der Waals surface area contributed by atoms with Crippen molar-refractivity contribution in [1.82, 2.24) is 10.2 Å². The quantitative estimate of drug-likeness (QED) is 0.576. The number of carbonyl (C=O) groups excluding carboxylic acids is 1. The van der Waals surface area contributed by atoms with E-state index >= 15 is 0 Å². The maximum absolute atomic E-state index is 11.5. The molecule has 1 saturated heterocycles. The van der Waals surface area contributed by atoms with Crippen molar-refractivity contribution in [2.24, 2.45) is 0 Å². The number of hydrogen-bond donors (Lipinski definition) is 3. The zero-order valence-electron chi connectivity index (χ0n) is 10.6. The largest absolute Gasteiger partial charge is 0.396 e. The van der Waals surface area contributed by atoms with Gasteiger partial charge in [0.05, 0.1) is 12.0 Å². The van der Waals surface area contributed by atoms with Gasteiger partial charge in [0.1, 0.15) is 0 Å². The van der Waals surface area contributed by atoms with Gasteiger partial charge in [-0.05, 0) is 39.3 Å². The Morgan fingerprint density at radius 3 is 2.65 bits per heavy atom. The van der Waals surface area contributed by atoms with Crippen LogP contribution < -0.4 is 5.32 Å². The van der Waals surface area contributed by atoms with E-state index < -0.39 is 5.60 Å². The van der Waals surface area contributed by atoms with E-state index in [1.54, 1.807) is 6.92 Å². The van der Waals surface area contributed by atoms with Gasteiger partial charge < -0.3 is 20.4 Å². The molecule has 100 valence electrons. The molecule has 5 heteroatoms. The van der Waals surface area contributed by atoms with E-state index in [2.05, 4.69) is 10.2 Å². The Bertz CT molecular complexity index is 238. The molecule has 17 heavy (non-hydrogen) atoms. The smallest absolute Gasteiger partial charge is 0.222 e. The lowest BCUT2D eigenvalue weighted by atomic mass is 9.98. The summed E-state index contributed by atoms with van der Waals surface area (Å²) in [6, 6.07) is 0. The minimum Gasteiger partial charge on any atom is -0.396 e. The summed E-state index contributed by atoms with van der Waals surface area (Å²) < 4.78 is 0. The predicted octanol–water partition coefficient (Wildman–Crippen LogP) is -0.278. The molecule has 0 bridgehead atoms. The normalized spacial score (nSPS) is 20.2. The highest BCUT2D eigenvalue weighted by molar-refractivity contribution is 5.76. The molecule has 1 amide bonds. The first kappa shape index (κ1) is 14.4. The molecule has 0 spiro atoms. The van der Waals surface area contributed by atoms with Gasteiger partial charge in [-0.1, -0.05) is 0 Å². The van der Waals surface area contributed by atoms with Gasteiger partial charge in [-0.15, -0.1) is 0 Å². The molecule has 1 aliphatic heterocycles. The molecule has 0 aromatic rings. The van der Waals surface area contributed by atoms with Crippen molar-refractivity contribution in [3.05, 3.63) is 0 Å². The van der Waals surface area contributed by atoms with E-state index in [-0.39, 0.29) is 25.4 Å². The second-order valence-corrected chi connectivity index (χ2v) is 5.05. The third-order valence-electron chi connectivity index (χ3n) is 3.14. The Balaban J connectivity index is 2.11. The monoisotopic (exact) mass is 244 g/mol. The lowest BCUT2D eigenvalue weighted by Crippen LogP contribution is -2.38. The van der Waals surface area contributed by atoms with Gasteiger partial charge in [-0.2, -0.15) is 0 Å². The molecule has 1 aliphatic rings. The summed E-state index contributed by atoms with van der Waals surface area (Å²) in [6.07, 6.45) is 2.78. The summed E-state index contributed by atoms with van der Waals surface area (Å²) in [7, 11) is 0. The van der Waals surface area contributed by atoms with Crippen LogP contribution in [0.1, 0.15) is 32.6 Å². The first-order chi connectivity index (χ1) is 8.03. The Morgan fingerprint density at radius 1 is 1.41 bits per heavy atom. The number of carbonyl (C=O) groups is 1. The van der Waals surface area contributed by atoms with Gasteiger partial charge >= 0.3 is 0 Å². The average molecular weight is 244 g/mol.